The number of fused-ring (bicyclic) bond motifs is 1. The summed E-state index contributed by atoms with van der Waals surface area (Å²) in [6, 6.07) is 4.09. The summed E-state index contributed by atoms with van der Waals surface area (Å²) in [6.07, 6.45) is 0.889. The maximum Gasteiger partial charge on any atom is 0.243 e. The van der Waals surface area contributed by atoms with Crippen molar-refractivity contribution < 1.29 is 14.3 Å². The molecule has 158 valence electrons. The lowest BCUT2D eigenvalue weighted by Gasteiger charge is -2.32. The van der Waals surface area contributed by atoms with Gasteiger partial charge in [0.2, 0.25) is 5.91 Å². The van der Waals surface area contributed by atoms with Crippen LogP contribution in [0.1, 0.15) is 25.0 Å². The number of ether oxygens (including phenoxy) is 2. The van der Waals surface area contributed by atoms with Crippen LogP contribution >= 0.6 is 24.0 Å². The van der Waals surface area contributed by atoms with Gasteiger partial charge in [-0.05, 0) is 35.6 Å². The Balaban J connectivity index is 0.00000392. The number of hydrogen-bond donors (Lipinski definition) is 1. The van der Waals surface area contributed by atoms with Crippen LogP contribution in [0.15, 0.2) is 17.1 Å². The van der Waals surface area contributed by atoms with Crippen molar-refractivity contribution in [1.29, 1.82) is 0 Å². The van der Waals surface area contributed by atoms with Crippen LogP contribution < -0.4 is 14.8 Å². The van der Waals surface area contributed by atoms with Crippen LogP contribution in [-0.4, -0.2) is 69.6 Å². The molecule has 0 saturated carbocycles. The molecule has 1 N–H and O–H groups in total. The zero-order valence-corrected chi connectivity index (χ0v) is 20.1. The number of nitrogens with one attached hydrogen (secondary N) is 1. The molecular weight excluding hydrogens is 471 g/mol. The highest BCUT2D eigenvalue weighted by Gasteiger charge is 2.22. The molecule has 8 heteroatoms. The molecule has 1 amide bonds. The van der Waals surface area contributed by atoms with Gasteiger partial charge in [-0.15, -0.1) is 24.0 Å². The van der Waals surface area contributed by atoms with Gasteiger partial charge in [-0.25, -0.2) is 4.99 Å². The maximum absolute atomic E-state index is 12.0. The van der Waals surface area contributed by atoms with Crippen molar-refractivity contribution >= 4 is 35.8 Å². The van der Waals surface area contributed by atoms with Crippen molar-refractivity contribution in [2.24, 2.45) is 10.9 Å². The van der Waals surface area contributed by atoms with E-state index in [1.807, 2.05) is 6.07 Å². The van der Waals surface area contributed by atoms with E-state index >= 15 is 0 Å². The molecule has 0 saturated heterocycles. The normalized spacial score (nSPS) is 13.5. The molecule has 2 rings (SSSR count). The topological polar surface area (TPSA) is 66.4 Å². The van der Waals surface area contributed by atoms with Crippen molar-refractivity contribution in [1.82, 2.24) is 15.1 Å². The first-order chi connectivity index (χ1) is 12.8. The number of likely N-dealkylation sites (N-methyl/N-ethyl adjacent to an activating group) is 1. The van der Waals surface area contributed by atoms with Crippen molar-refractivity contribution in [3.63, 3.8) is 0 Å². The number of nitrogens with zero attached hydrogens (tertiary/aromatic N) is 3. The summed E-state index contributed by atoms with van der Waals surface area (Å²) in [5.74, 6) is 2.74. The van der Waals surface area contributed by atoms with Gasteiger partial charge in [-0.3, -0.25) is 4.79 Å². The van der Waals surface area contributed by atoms with Gasteiger partial charge in [0.1, 0.15) is 6.54 Å². The van der Waals surface area contributed by atoms with Crippen LogP contribution in [0.25, 0.3) is 0 Å². The van der Waals surface area contributed by atoms with Gasteiger partial charge < -0.3 is 24.6 Å². The van der Waals surface area contributed by atoms with Crippen molar-refractivity contribution in [2.45, 2.75) is 26.8 Å². The highest BCUT2D eigenvalue weighted by atomic mass is 127. The number of guanidine groups is 1. The van der Waals surface area contributed by atoms with E-state index in [1.54, 1.807) is 33.2 Å². The fourth-order valence-electron chi connectivity index (χ4n) is 2.91. The van der Waals surface area contributed by atoms with E-state index in [1.165, 1.54) is 11.1 Å². The van der Waals surface area contributed by atoms with Gasteiger partial charge in [0.15, 0.2) is 17.5 Å². The molecule has 1 heterocycles. The molecule has 0 radical (unpaired) electrons. The molecule has 1 aliphatic rings. The number of amides is 1. The second-order valence-electron chi connectivity index (χ2n) is 7.35. The Hall–Kier alpha value is -1.71. The Morgan fingerprint density at radius 2 is 1.82 bits per heavy atom. The summed E-state index contributed by atoms with van der Waals surface area (Å²) >= 11 is 0. The molecule has 0 atom stereocenters. The monoisotopic (exact) mass is 504 g/mol. The molecule has 0 aliphatic carbocycles. The third-order valence-corrected chi connectivity index (χ3v) is 4.55. The molecule has 0 bridgehead atoms. The summed E-state index contributed by atoms with van der Waals surface area (Å²) in [7, 11) is 6.79. The fraction of sp³-hybridized carbons (Fsp3) is 0.600. The molecule has 1 aliphatic heterocycles. The molecule has 1 aromatic rings. The van der Waals surface area contributed by atoms with Crippen molar-refractivity contribution in [3.8, 4) is 11.5 Å². The lowest BCUT2D eigenvalue weighted by molar-refractivity contribution is -0.127. The number of methoxy groups -OCH3 is 2. The lowest BCUT2D eigenvalue weighted by atomic mass is 9.99. The minimum atomic E-state index is -0.0114. The summed E-state index contributed by atoms with van der Waals surface area (Å²) < 4.78 is 10.9. The van der Waals surface area contributed by atoms with Crippen LogP contribution in [0, 0.1) is 5.92 Å². The van der Waals surface area contributed by atoms with Gasteiger partial charge in [0.25, 0.3) is 0 Å². The second-order valence-corrected chi connectivity index (χ2v) is 7.35. The first-order valence-electron chi connectivity index (χ1n) is 9.32. The van der Waals surface area contributed by atoms with E-state index in [9.17, 15) is 4.79 Å². The molecule has 0 aromatic heterocycles. The zero-order chi connectivity index (χ0) is 20.0. The van der Waals surface area contributed by atoms with Crippen LogP contribution in [-0.2, 0) is 17.8 Å². The van der Waals surface area contributed by atoms with Gasteiger partial charge in [-0.2, -0.15) is 0 Å². The molecular formula is C20H33IN4O3. The van der Waals surface area contributed by atoms with Crippen LogP contribution in [0.4, 0.5) is 0 Å². The van der Waals surface area contributed by atoms with Gasteiger partial charge in [-0.1, -0.05) is 13.8 Å². The standard InChI is InChI=1S/C20H32N4O3.HI/c1-14(2)11-21-20(22-12-19(25)23(3)4)24-8-7-15-9-17(26-5)18(27-6)10-16(15)13-24;/h9-10,14H,7-8,11-13H2,1-6H3,(H,21,22);1H. The molecule has 7 nitrogen and oxygen atoms in total. The number of carbonyl (C=O) groups is 1. The van der Waals surface area contributed by atoms with Gasteiger partial charge >= 0.3 is 0 Å². The average molecular weight is 504 g/mol. The fourth-order valence-corrected chi connectivity index (χ4v) is 2.91. The van der Waals surface area contributed by atoms with Crippen LogP contribution in [0.2, 0.25) is 0 Å². The predicted octanol–water partition coefficient (Wildman–Crippen LogP) is 2.37. The Labute approximate surface area is 185 Å². The first kappa shape index (κ1) is 24.3. The first-order valence-corrected chi connectivity index (χ1v) is 9.32. The maximum atomic E-state index is 12.0. The van der Waals surface area contributed by atoms with Gasteiger partial charge in [0, 0.05) is 33.7 Å². The van der Waals surface area contributed by atoms with E-state index in [2.05, 4.69) is 35.1 Å². The Morgan fingerprint density at radius 3 is 2.36 bits per heavy atom. The van der Waals surface area contributed by atoms with E-state index in [0.29, 0.717) is 5.92 Å². The predicted molar refractivity (Wildman–Crippen MR) is 123 cm³/mol. The molecule has 28 heavy (non-hydrogen) atoms. The number of halogens is 1. The minimum absolute atomic E-state index is 0. The number of aliphatic imine (C=N–C) groups is 1. The van der Waals surface area contributed by atoms with E-state index < -0.39 is 0 Å². The highest BCUT2D eigenvalue weighted by Crippen LogP contribution is 2.33. The Bertz CT molecular complexity index is 692. The second kappa shape index (κ2) is 11.3. The third kappa shape index (κ3) is 6.42. The molecule has 0 spiro atoms. The van der Waals surface area contributed by atoms with Crippen LogP contribution in [0.5, 0.6) is 11.5 Å². The average Bonchev–Trinajstić information content (AvgIpc) is 2.65. The number of rotatable bonds is 6. The lowest BCUT2D eigenvalue weighted by Crippen LogP contribution is -2.45. The van der Waals surface area contributed by atoms with Gasteiger partial charge in [0.05, 0.1) is 14.2 Å². The quantitative estimate of drug-likeness (QED) is 0.366. The number of benzene rings is 1. The molecule has 0 fully saturated rings. The number of carbonyl (C=O) groups excluding carboxylic acids is 1. The molecule has 0 unspecified atom stereocenters. The summed E-state index contributed by atoms with van der Waals surface area (Å²) in [6.45, 7) is 6.81. The van der Waals surface area contributed by atoms with Crippen molar-refractivity contribution in [3.05, 3.63) is 23.3 Å². The van der Waals surface area contributed by atoms with Crippen LogP contribution in [0.3, 0.4) is 0 Å². The largest absolute Gasteiger partial charge is 0.493 e. The molecule has 1 aromatic carbocycles. The van der Waals surface area contributed by atoms with Crippen molar-refractivity contribution in [2.75, 3.05) is 47.9 Å². The summed E-state index contributed by atoms with van der Waals surface area (Å²) in [5.41, 5.74) is 2.45. The number of hydrogen-bond acceptors (Lipinski definition) is 4. The zero-order valence-electron chi connectivity index (χ0n) is 17.7. The summed E-state index contributed by atoms with van der Waals surface area (Å²) in [4.78, 5) is 20.3. The van der Waals surface area contributed by atoms with E-state index in [0.717, 1.165) is 43.5 Å². The smallest absolute Gasteiger partial charge is 0.243 e. The van der Waals surface area contributed by atoms with E-state index in [4.69, 9.17) is 9.47 Å². The van der Waals surface area contributed by atoms with E-state index in [-0.39, 0.29) is 36.4 Å². The highest BCUT2D eigenvalue weighted by molar-refractivity contribution is 14.0. The third-order valence-electron chi connectivity index (χ3n) is 4.55. The minimum Gasteiger partial charge on any atom is -0.493 e. The Kier molecular flexibility index (Phi) is 9.84. The Morgan fingerprint density at radius 1 is 1.21 bits per heavy atom. The summed E-state index contributed by atoms with van der Waals surface area (Å²) in [5, 5.41) is 3.41. The SMILES string of the molecule is COc1cc2c(cc1OC)CN(C(=NCC(=O)N(C)C)NCC(C)C)CC2.I.